The van der Waals surface area contributed by atoms with Gasteiger partial charge in [0.15, 0.2) is 0 Å². The minimum absolute atomic E-state index is 0.153. The second-order valence-electron chi connectivity index (χ2n) is 6.71. The number of rotatable bonds is 3. The van der Waals surface area contributed by atoms with E-state index in [9.17, 15) is 9.59 Å². The third kappa shape index (κ3) is 2.27. The molecule has 0 spiro atoms. The molecule has 4 aliphatic rings. The van der Waals surface area contributed by atoms with Crippen molar-refractivity contribution in [2.75, 3.05) is 7.11 Å². The lowest BCUT2D eigenvalue weighted by atomic mass is 9.52. The summed E-state index contributed by atoms with van der Waals surface area (Å²) >= 11 is 0. The van der Waals surface area contributed by atoms with Gasteiger partial charge in [-0.3, -0.25) is 4.79 Å². The summed E-state index contributed by atoms with van der Waals surface area (Å²) in [5, 5.41) is 0. The first-order chi connectivity index (χ1) is 9.48. The van der Waals surface area contributed by atoms with Crippen LogP contribution < -0.4 is 0 Å². The van der Waals surface area contributed by atoms with Crippen molar-refractivity contribution < 1.29 is 23.8 Å². The second-order valence-corrected chi connectivity index (χ2v) is 6.71. The van der Waals surface area contributed by atoms with E-state index in [1.54, 1.807) is 0 Å². The number of carbonyl (C=O) groups excluding carboxylic acids is 2. The Morgan fingerprint density at radius 3 is 2.10 bits per heavy atom. The van der Waals surface area contributed by atoms with Crippen molar-refractivity contribution in [3.05, 3.63) is 0 Å². The van der Waals surface area contributed by atoms with E-state index in [1.807, 2.05) is 6.92 Å². The number of ether oxygens (including phenoxy) is 3. The number of hydrogen-bond acceptors (Lipinski definition) is 5. The molecule has 0 radical (unpaired) electrons. The molecule has 0 amide bonds. The topological polar surface area (TPSA) is 61.8 Å². The minimum Gasteiger partial charge on any atom is -0.459 e. The highest BCUT2D eigenvalue weighted by Gasteiger charge is 2.61. The van der Waals surface area contributed by atoms with Crippen LogP contribution in [-0.2, 0) is 19.0 Å². The zero-order valence-electron chi connectivity index (χ0n) is 12.1. The highest BCUT2D eigenvalue weighted by molar-refractivity contribution is 5.69. The highest BCUT2D eigenvalue weighted by Crippen LogP contribution is 2.60. The summed E-state index contributed by atoms with van der Waals surface area (Å²) in [6, 6.07) is 0. The monoisotopic (exact) mass is 282 g/mol. The van der Waals surface area contributed by atoms with Gasteiger partial charge in [-0.2, -0.15) is 0 Å². The maximum absolute atomic E-state index is 11.7. The third-order valence-electron chi connectivity index (χ3n) is 5.04. The van der Waals surface area contributed by atoms with Crippen molar-refractivity contribution in [3.8, 4) is 0 Å². The van der Waals surface area contributed by atoms with Gasteiger partial charge in [0.2, 0.25) is 0 Å². The van der Waals surface area contributed by atoms with Crippen LogP contribution in [0.25, 0.3) is 0 Å². The first kappa shape index (κ1) is 13.7. The molecular formula is C15H22O5. The summed E-state index contributed by atoms with van der Waals surface area (Å²) in [6.45, 7) is 1.81. The highest BCUT2D eigenvalue weighted by atomic mass is 16.7. The van der Waals surface area contributed by atoms with Crippen LogP contribution in [-0.4, -0.2) is 30.4 Å². The second kappa shape index (κ2) is 4.64. The molecule has 4 aliphatic carbocycles. The molecule has 4 saturated carbocycles. The normalized spacial score (nSPS) is 41.3. The standard InChI is InChI=1S/C15H22O5/c1-3-12(16)19-14-5-10-4-11(6-14)8-15(7-10,9-14)20-13(17)18-2/h10-11H,3-9H2,1-2H3. The lowest BCUT2D eigenvalue weighted by Crippen LogP contribution is -2.61. The maximum atomic E-state index is 11.7. The first-order valence-electron chi connectivity index (χ1n) is 7.47. The maximum Gasteiger partial charge on any atom is 0.508 e. The fraction of sp³-hybridized carbons (Fsp3) is 0.867. The van der Waals surface area contributed by atoms with Crippen molar-refractivity contribution in [1.29, 1.82) is 0 Å². The fourth-order valence-corrected chi connectivity index (χ4v) is 4.87. The third-order valence-corrected chi connectivity index (χ3v) is 5.04. The zero-order valence-corrected chi connectivity index (χ0v) is 12.1. The van der Waals surface area contributed by atoms with Crippen molar-refractivity contribution in [2.24, 2.45) is 11.8 Å². The van der Waals surface area contributed by atoms with Gasteiger partial charge in [0.05, 0.1) is 7.11 Å². The Labute approximate surface area is 118 Å². The van der Waals surface area contributed by atoms with Gasteiger partial charge in [-0.1, -0.05) is 6.92 Å². The van der Waals surface area contributed by atoms with Crippen molar-refractivity contribution in [3.63, 3.8) is 0 Å². The van der Waals surface area contributed by atoms with E-state index in [0.29, 0.717) is 24.7 Å². The van der Waals surface area contributed by atoms with E-state index >= 15 is 0 Å². The predicted molar refractivity (Wildman–Crippen MR) is 70.0 cm³/mol. The van der Waals surface area contributed by atoms with Crippen molar-refractivity contribution in [1.82, 2.24) is 0 Å². The van der Waals surface area contributed by atoms with Gasteiger partial charge in [0, 0.05) is 12.8 Å². The first-order valence-corrected chi connectivity index (χ1v) is 7.47. The Bertz CT molecular complexity index is 380. The Balaban J connectivity index is 1.81. The van der Waals surface area contributed by atoms with E-state index in [-0.39, 0.29) is 5.97 Å². The Kier molecular flexibility index (Phi) is 3.18. The van der Waals surface area contributed by atoms with Crippen molar-refractivity contribution in [2.45, 2.75) is 63.1 Å². The summed E-state index contributed by atoms with van der Waals surface area (Å²) in [4.78, 5) is 23.3. The van der Waals surface area contributed by atoms with Gasteiger partial charge in [0.1, 0.15) is 11.2 Å². The Hall–Kier alpha value is -1.26. The van der Waals surface area contributed by atoms with E-state index < -0.39 is 17.4 Å². The smallest absolute Gasteiger partial charge is 0.459 e. The number of carbonyl (C=O) groups is 2. The van der Waals surface area contributed by atoms with Crippen LogP contribution in [0.1, 0.15) is 51.9 Å². The molecule has 0 aliphatic heterocycles. The van der Waals surface area contributed by atoms with E-state index in [4.69, 9.17) is 9.47 Å². The van der Waals surface area contributed by atoms with Gasteiger partial charge in [-0.25, -0.2) is 4.79 Å². The Morgan fingerprint density at radius 1 is 1.05 bits per heavy atom. The van der Waals surface area contributed by atoms with Gasteiger partial charge in [0.25, 0.3) is 0 Å². The molecule has 0 saturated heterocycles. The molecule has 0 aromatic carbocycles. The van der Waals surface area contributed by atoms with E-state index in [0.717, 1.165) is 32.1 Å². The molecule has 20 heavy (non-hydrogen) atoms. The molecule has 4 fully saturated rings. The molecule has 0 heterocycles. The van der Waals surface area contributed by atoms with Gasteiger partial charge >= 0.3 is 12.1 Å². The predicted octanol–water partition coefficient (Wildman–Crippen LogP) is 2.81. The number of esters is 1. The molecule has 112 valence electrons. The van der Waals surface area contributed by atoms with E-state index in [2.05, 4.69) is 4.74 Å². The average molecular weight is 282 g/mol. The van der Waals surface area contributed by atoms with Crippen LogP contribution in [0.4, 0.5) is 4.79 Å². The fourth-order valence-electron chi connectivity index (χ4n) is 4.87. The minimum atomic E-state index is -0.621. The zero-order chi connectivity index (χ0) is 14.4. The van der Waals surface area contributed by atoms with Crippen LogP contribution >= 0.6 is 0 Å². The molecule has 0 aromatic rings. The molecule has 4 bridgehead atoms. The lowest BCUT2D eigenvalue weighted by Gasteiger charge is -2.59. The molecular weight excluding hydrogens is 260 g/mol. The van der Waals surface area contributed by atoms with Gasteiger partial charge in [-0.05, 0) is 43.9 Å². The average Bonchev–Trinajstić information content (AvgIpc) is 2.35. The van der Waals surface area contributed by atoms with Gasteiger partial charge in [-0.15, -0.1) is 0 Å². The summed E-state index contributed by atoms with van der Waals surface area (Å²) in [6.07, 6.45) is 5.16. The summed E-state index contributed by atoms with van der Waals surface area (Å²) in [7, 11) is 1.33. The largest absolute Gasteiger partial charge is 0.508 e. The Morgan fingerprint density at radius 2 is 1.60 bits per heavy atom. The summed E-state index contributed by atoms with van der Waals surface area (Å²) < 4.78 is 16.0. The van der Waals surface area contributed by atoms with Crippen LogP contribution in [0.15, 0.2) is 0 Å². The number of hydrogen-bond donors (Lipinski definition) is 0. The quantitative estimate of drug-likeness (QED) is 0.745. The molecule has 2 unspecified atom stereocenters. The molecule has 5 heteroatoms. The van der Waals surface area contributed by atoms with Crippen LogP contribution in [0, 0.1) is 11.8 Å². The summed E-state index contributed by atoms with van der Waals surface area (Å²) in [5.41, 5.74) is -0.892. The molecule has 2 atom stereocenters. The molecule has 0 N–H and O–H groups in total. The molecule has 0 aromatic heterocycles. The number of methoxy groups -OCH3 is 1. The van der Waals surface area contributed by atoms with Crippen LogP contribution in [0.2, 0.25) is 0 Å². The lowest BCUT2D eigenvalue weighted by molar-refractivity contribution is -0.222. The summed E-state index contributed by atoms with van der Waals surface area (Å²) in [5.74, 6) is 0.830. The molecule has 5 nitrogen and oxygen atoms in total. The SMILES string of the molecule is CCC(=O)OC12CC3CC(C1)CC(OC(=O)OC)(C3)C2. The van der Waals surface area contributed by atoms with Gasteiger partial charge < -0.3 is 14.2 Å². The van der Waals surface area contributed by atoms with Crippen molar-refractivity contribution >= 4 is 12.1 Å². The molecule has 4 rings (SSSR count). The van der Waals surface area contributed by atoms with Crippen LogP contribution in [0.3, 0.4) is 0 Å². The van der Waals surface area contributed by atoms with E-state index in [1.165, 1.54) is 7.11 Å². The van der Waals surface area contributed by atoms with Crippen LogP contribution in [0.5, 0.6) is 0 Å².